The molecule has 1 N–H and O–H groups in total. The number of urea groups is 1. The van der Waals surface area contributed by atoms with Crippen molar-refractivity contribution in [3.8, 4) is 0 Å². The molecule has 0 unspecified atom stereocenters. The molecule has 25 heavy (non-hydrogen) atoms. The number of carbonyl (C=O) groups excluding carboxylic acids is 2. The summed E-state index contributed by atoms with van der Waals surface area (Å²) in [5, 5.41) is 3.15. The van der Waals surface area contributed by atoms with Gasteiger partial charge >= 0.3 is 6.03 Å². The summed E-state index contributed by atoms with van der Waals surface area (Å²) in [4.78, 5) is 30.3. The first-order valence-corrected chi connectivity index (χ1v) is 10.1. The molecule has 0 aromatic heterocycles. The highest BCUT2D eigenvalue weighted by atomic mass is 16.2. The molecule has 2 aliphatic heterocycles. The third kappa shape index (κ3) is 3.09. The topological polar surface area (TPSA) is 52.7 Å². The molecule has 0 aromatic carbocycles. The lowest BCUT2D eigenvalue weighted by Gasteiger charge is -2.57. The van der Waals surface area contributed by atoms with Gasteiger partial charge in [-0.25, -0.2) is 4.79 Å². The highest BCUT2D eigenvalue weighted by molar-refractivity contribution is 6.07. The van der Waals surface area contributed by atoms with E-state index in [-0.39, 0.29) is 29.1 Å². The van der Waals surface area contributed by atoms with Gasteiger partial charge in [-0.2, -0.15) is 0 Å². The van der Waals surface area contributed by atoms with Gasteiger partial charge in [-0.1, -0.05) is 26.2 Å². The Labute approximate surface area is 152 Å². The van der Waals surface area contributed by atoms with Crippen molar-refractivity contribution >= 4 is 11.9 Å². The predicted molar refractivity (Wildman–Crippen MR) is 99.4 cm³/mol. The van der Waals surface area contributed by atoms with Gasteiger partial charge in [0.2, 0.25) is 0 Å². The number of imide groups is 1. The summed E-state index contributed by atoms with van der Waals surface area (Å²) >= 11 is 0. The molecule has 2 heterocycles. The van der Waals surface area contributed by atoms with Crippen molar-refractivity contribution < 1.29 is 9.59 Å². The van der Waals surface area contributed by atoms with Crippen LogP contribution in [0.1, 0.15) is 86.0 Å². The Kier molecular flexibility index (Phi) is 4.68. The Morgan fingerprint density at radius 3 is 2.08 bits per heavy atom. The first kappa shape index (κ1) is 18.7. The van der Waals surface area contributed by atoms with E-state index in [2.05, 4.69) is 44.8 Å². The van der Waals surface area contributed by atoms with Crippen molar-refractivity contribution in [3.05, 3.63) is 0 Å². The van der Waals surface area contributed by atoms with Crippen molar-refractivity contribution in [2.75, 3.05) is 6.54 Å². The molecular weight excluding hydrogens is 314 g/mol. The summed E-state index contributed by atoms with van der Waals surface area (Å²) < 4.78 is 0. The number of hydrogen-bond acceptors (Lipinski definition) is 3. The van der Waals surface area contributed by atoms with Crippen LogP contribution in [0.4, 0.5) is 4.79 Å². The number of rotatable bonds is 3. The van der Waals surface area contributed by atoms with E-state index in [4.69, 9.17) is 0 Å². The van der Waals surface area contributed by atoms with E-state index >= 15 is 0 Å². The molecule has 1 spiro atoms. The lowest BCUT2D eigenvalue weighted by atomic mass is 9.68. The molecule has 142 valence electrons. The molecule has 3 rings (SSSR count). The van der Waals surface area contributed by atoms with E-state index in [0.717, 1.165) is 38.6 Å². The third-order valence-corrected chi connectivity index (χ3v) is 6.51. The Hall–Kier alpha value is -1.10. The second-order valence-electron chi connectivity index (χ2n) is 9.61. The molecule has 3 aliphatic rings. The number of likely N-dealkylation sites (tertiary alicyclic amines) is 1. The second kappa shape index (κ2) is 6.26. The Bertz CT molecular complexity index is 531. The van der Waals surface area contributed by atoms with Gasteiger partial charge in [-0.3, -0.25) is 14.6 Å². The first-order chi connectivity index (χ1) is 11.6. The maximum atomic E-state index is 13.5. The SMILES string of the molecule is CCCN1C(C)(C)CC2(CC1(C)C)NC(=O)N(C1CCCCC1)C2=O. The molecule has 0 atom stereocenters. The molecule has 0 bridgehead atoms. The van der Waals surface area contributed by atoms with Crippen LogP contribution in [0.5, 0.6) is 0 Å². The van der Waals surface area contributed by atoms with E-state index in [1.165, 1.54) is 6.42 Å². The fraction of sp³-hybridized carbons (Fsp3) is 0.900. The lowest BCUT2D eigenvalue weighted by molar-refractivity contribution is -0.142. The Morgan fingerprint density at radius 2 is 1.56 bits per heavy atom. The fourth-order valence-corrected chi connectivity index (χ4v) is 5.93. The van der Waals surface area contributed by atoms with Crippen molar-refractivity contribution in [3.63, 3.8) is 0 Å². The first-order valence-electron chi connectivity index (χ1n) is 10.1. The van der Waals surface area contributed by atoms with Gasteiger partial charge in [0.1, 0.15) is 5.54 Å². The van der Waals surface area contributed by atoms with Crippen LogP contribution in [-0.4, -0.2) is 50.9 Å². The highest BCUT2D eigenvalue weighted by Gasteiger charge is 2.61. The second-order valence-corrected chi connectivity index (χ2v) is 9.61. The average molecular weight is 350 g/mol. The standard InChI is InChI=1S/C20H35N3O2/c1-6-12-22-18(2,3)13-20(14-19(22,4)5)16(24)23(17(25)21-20)15-10-8-7-9-11-15/h15H,6-14H2,1-5H3,(H,21,25). The van der Waals surface area contributed by atoms with Crippen molar-refractivity contribution in [2.45, 2.75) is 109 Å². The van der Waals surface area contributed by atoms with Crippen molar-refractivity contribution in [1.29, 1.82) is 0 Å². The number of hydrogen-bond donors (Lipinski definition) is 1. The molecular formula is C20H35N3O2. The zero-order chi connectivity index (χ0) is 18.5. The van der Waals surface area contributed by atoms with Crippen molar-refractivity contribution in [1.82, 2.24) is 15.1 Å². The van der Waals surface area contributed by atoms with E-state index in [1.54, 1.807) is 4.90 Å². The minimum Gasteiger partial charge on any atom is -0.323 e. The van der Waals surface area contributed by atoms with Crippen LogP contribution in [0.3, 0.4) is 0 Å². The van der Waals surface area contributed by atoms with E-state index in [9.17, 15) is 9.59 Å². The molecule has 1 aliphatic carbocycles. The summed E-state index contributed by atoms with van der Waals surface area (Å²) in [6.45, 7) is 12.1. The van der Waals surface area contributed by atoms with Crippen LogP contribution >= 0.6 is 0 Å². The summed E-state index contributed by atoms with van der Waals surface area (Å²) in [5.41, 5.74) is -0.974. The summed E-state index contributed by atoms with van der Waals surface area (Å²) in [7, 11) is 0. The van der Waals surface area contributed by atoms with Gasteiger partial charge in [0.25, 0.3) is 5.91 Å². The average Bonchev–Trinajstić information content (AvgIpc) is 2.73. The summed E-state index contributed by atoms with van der Waals surface area (Å²) in [6.07, 6.45) is 7.86. The normalized spacial score (nSPS) is 29.2. The van der Waals surface area contributed by atoms with Gasteiger partial charge in [-0.05, 0) is 66.3 Å². The van der Waals surface area contributed by atoms with Gasteiger partial charge in [-0.15, -0.1) is 0 Å². The zero-order valence-electron chi connectivity index (χ0n) is 16.7. The molecule has 1 saturated carbocycles. The minimum absolute atomic E-state index is 0.0294. The zero-order valence-corrected chi connectivity index (χ0v) is 16.7. The molecule has 5 heteroatoms. The van der Waals surface area contributed by atoms with Crippen LogP contribution < -0.4 is 5.32 Å². The Morgan fingerprint density at radius 1 is 1.00 bits per heavy atom. The van der Waals surface area contributed by atoms with Gasteiger partial charge in [0.15, 0.2) is 0 Å². The fourth-order valence-electron chi connectivity index (χ4n) is 5.93. The minimum atomic E-state index is -0.730. The number of carbonyl (C=O) groups is 2. The number of nitrogens with one attached hydrogen (secondary N) is 1. The predicted octanol–water partition coefficient (Wildman–Crippen LogP) is 3.67. The van der Waals surface area contributed by atoms with Crippen LogP contribution in [0.25, 0.3) is 0 Å². The number of nitrogens with zero attached hydrogens (tertiary/aromatic N) is 2. The molecule has 3 amide bonds. The number of amides is 3. The lowest BCUT2D eigenvalue weighted by Crippen LogP contribution is -2.69. The Balaban J connectivity index is 1.89. The maximum Gasteiger partial charge on any atom is 0.325 e. The third-order valence-electron chi connectivity index (χ3n) is 6.51. The summed E-state index contributed by atoms with van der Waals surface area (Å²) in [6, 6.07) is -0.0621. The van der Waals surface area contributed by atoms with Gasteiger partial charge < -0.3 is 5.32 Å². The molecule has 5 nitrogen and oxygen atoms in total. The van der Waals surface area contributed by atoms with Crippen LogP contribution in [0.15, 0.2) is 0 Å². The monoisotopic (exact) mass is 349 g/mol. The van der Waals surface area contributed by atoms with Gasteiger partial charge in [0, 0.05) is 17.1 Å². The van der Waals surface area contributed by atoms with E-state index in [1.807, 2.05) is 0 Å². The smallest absolute Gasteiger partial charge is 0.323 e. The van der Waals surface area contributed by atoms with E-state index in [0.29, 0.717) is 12.8 Å². The van der Waals surface area contributed by atoms with Crippen LogP contribution in [0, 0.1) is 0 Å². The summed E-state index contributed by atoms with van der Waals surface area (Å²) in [5.74, 6) is 0.0294. The van der Waals surface area contributed by atoms with E-state index < -0.39 is 5.54 Å². The molecule has 3 fully saturated rings. The van der Waals surface area contributed by atoms with Crippen LogP contribution in [-0.2, 0) is 4.79 Å². The van der Waals surface area contributed by atoms with Gasteiger partial charge in [0.05, 0.1) is 0 Å². The maximum absolute atomic E-state index is 13.5. The molecule has 2 saturated heterocycles. The molecule has 0 aromatic rings. The molecule has 0 radical (unpaired) electrons. The quantitative estimate of drug-likeness (QED) is 0.791. The highest BCUT2D eigenvalue weighted by Crippen LogP contribution is 2.46. The van der Waals surface area contributed by atoms with Crippen LogP contribution in [0.2, 0.25) is 0 Å². The largest absolute Gasteiger partial charge is 0.325 e. The number of piperidine rings is 1. The van der Waals surface area contributed by atoms with Crippen molar-refractivity contribution in [2.24, 2.45) is 0 Å².